The largest absolute Gasteiger partial charge is 0.497 e. The lowest BCUT2D eigenvalue weighted by Crippen LogP contribution is -2.49. The van der Waals surface area contributed by atoms with Crippen LogP contribution in [0.15, 0.2) is 29.3 Å². The predicted molar refractivity (Wildman–Crippen MR) is 145 cm³/mol. The molecule has 3 unspecified atom stereocenters. The summed E-state index contributed by atoms with van der Waals surface area (Å²) in [5.74, 6) is 2.21. The van der Waals surface area contributed by atoms with Crippen molar-refractivity contribution in [1.82, 2.24) is 15.5 Å². The molecule has 2 aliphatic rings. The minimum Gasteiger partial charge on any atom is -0.497 e. The van der Waals surface area contributed by atoms with Crippen LogP contribution in [-0.2, 0) is 9.47 Å². The third-order valence-corrected chi connectivity index (χ3v) is 6.50. The van der Waals surface area contributed by atoms with E-state index in [9.17, 15) is 0 Å². The summed E-state index contributed by atoms with van der Waals surface area (Å²) in [7, 11) is 3.54. The number of nitrogens with one attached hydrogen (secondary N) is 2. The zero-order chi connectivity index (χ0) is 23.0. The Labute approximate surface area is 217 Å². The van der Waals surface area contributed by atoms with Crippen molar-refractivity contribution in [3.05, 3.63) is 29.8 Å². The Morgan fingerprint density at radius 1 is 1.15 bits per heavy atom. The molecule has 0 bridgehead atoms. The number of nitrogens with zero attached hydrogens (tertiary/aromatic N) is 2. The second-order valence-electron chi connectivity index (χ2n) is 9.83. The number of aliphatic imine (C=N–C) groups is 1. The Kier molecular flexibility index (Phi) is 11.7. The van der Waals surface area contributed by atoms with Crippen LogP contribution in [0.25, 0.3) is 0 Å². The molecule has 2 saturated heterocycles. The highest BCUT2D eigenvalue weighted by molar-refractivity contribution is 14.0. The standard InChI is InChI=1S/C25H42N4O3.HI/c1-25(2,3)23-20(7-6-14-32-23)17-27-24(26-4)28-18-22(29-12-15-31-16-13-29)19-8-10-21(30-5)11-9-19;/h8-11,20,22-23H,6-7,12-18H2,1-5H3,(H2,26,27,28);1H. The van der Waals surface area contributed by atoms with Gasteiger partial charge in [-0.2, -0.15) is 0 Å². The average molecular weight is 575 g/mol. The zero-order valence-corrected chi connectivity index (χ0v) is 23.3. The third-order valence-electron chi connectivity index (χ3n) is 6.50. The molecule has 2 aliphatic heterocycles. The molecule has 0 spiro atoms. The lowest BCUT2D eigenvalue weighted by Gasteiger charge is -2.40. The first kappa shape index (κ1) is 28.1. The number of hydrogen-bond acceptors (Lipinski definition) is 5. The molecule has 0 aromatic heterocycles. The van der Waals surface area contributed by atoms with Gasteiger partial charge in [-0.15, -0.1) is 24.0 Å². The maximum atomic E-state index is 6.15. The van der Waals surface area contributed by atoms with Crippen LogP contribution < -0.4 is 15.4 Å². The summed E-state index contributed by atoms with van der Waals surface area (Å²) < 4.78 is 17.1. The first-order chi connectivity index (χ1) is 15.4. The van der Waals surface area contributed by atoms with E-state index < -0.39 is 0 Å². The van der Waals surface area contributed by atoms with Crippen molar-refractivity contribution in [2.45, 2.75) is 45.8 Å². The van der Waals surface area contributed by atoms with Crippen molar-refractivity contribution in [2.75, 3.05) is 60.2 Å². The highest BCUT2D eigenvalue weighted by atomic mass is 127. The molecule has 3 rings (SSSR count). The van der Waals surface area contributed by atoms with Crippen molar-refractivity contribution in [3.8, 4) is 5.75 Å². The molecule has 7 nitrogen and oxygen atoms in total. The number of rotatable bonds is 7. The molecule has 2 fully saturated rings. The van der Waals surface area contributed by atoms with Gasteiger partial charge >= 0.3 is 0 Å². The summed E-state index contributed by atoms with van der Waals surface area (Å²) in [6.45, 7) is 12.7. The van der Waals surface area contributed by atoms with Crippen LogP contribution >= 0.6 is 24.0 Å². The van der Waals surface area contributed by atoms with Crippen molar-refractivity contribution in [2.24, 2.45) is 16.3 Å². The number of methoxy groups -OCH3 is 1. The molecule has 8 heteroatoms. The minimum atomic E-state index is 0. The van der Waals surface area contributed by atoms with Gasteiger partial charge in [0.15, 0.2) is 5.96 Å². The first-order valence-corrected chi connectivity index (χ1v) is 11.9. The summed E-state index contributed by atoms with van der Waals surface area (Å²) in [5.41, 5.74) is 1.41. The van der Waals surface area contributed by atoms with Gasteiger partial charge < -0.3 is 24.8 Å². The number of benzene rings is 1. The molecule has 2 N–H and O–H groups in total. The van der Waals surface area contributed by atoms with Gasteiger partial charge in [0, 0.05) is 45.8 Å². The smallest absolute Gasteiger partial charge is 0.191 e. The Morgan fingerprint density at radius 2 is 1.85 bits per heavy atom. The highest BCUT2D eigenvalue weighted by Gasteiger charge is 2.35. The molecule has 3 atom stereocenters. The van der Waals surface area contributed by atoms with Crippen LogP contribution in [-0.4, -0.2) is 77.1 Å². The quantitative estimate of drug-likeness (QED) is 0.294. The van der Waals surface area contributed by atoms with Crippen molar-refractivity contribution in [1.29, 1.82) is 0 Å². The lowest BCUT2D eigenvalue weighted by atomic mass is 9.78. The van der Waals surface area contributed by atoms with E-state index in [4.69, 9.17) is 14.2 Å². The van der Waals surface area contributed by atoms with Gasteiger partial charge in [0.25, 0.3) is 0 Å². The van der Waals surface area contributed by atoms with Gasteiger partial charge in [-0.1, -0.05) is 32.9 Å². The van der Waals surface area contributed by atoms with E-state index in [1.165, 1.54) is 12.0 Å². The second kappa shape index (κ2) is 13.7. The van der Waals surface area contributed by atoms with Gasteiger partial charge in [0.05, 0.1) is 32.5 Å². The summed E-state index contributed by atoms with van der Waals surface area (Å²) in [5, 5.41) is 7.14. The van der Waals surface area contributed by atoms with Crippen LogP contribution in [0.1, 0.15) is 45.2 Å². The lowest BCUT2D eigenvalue weighted by molar-refractivity contribution is -0.0835. The fraction of sp³-hybridized carbons (Fsp3) is 0.720. The Bertz CT molecular complexity index is 717. The van der Waals surface area contributed by atoms with Crippen molar-refractivity contribution < 1.29 is 14.2 Å². The molecule has 1 aromatic carbocycles. The number of ether oxygens (including phenoxy) is 3. The fourth-order valence-corrected chi connectivity index (χ4v) is 4.82. The van der Waals surface area contributed by atoms with Crippen LogP contribution in [0.5, 0.6) is 5.75 Å². The van der Waals surface area contributed by atoms with Gasteiger partial charge in [-0.05, 0) is 36.0 Å². The average Bonchev–Trinajstić information content (AvgIpc) is 2.82. The Hall–Kier alpha value is -1.10. The highest BCUT2D eigenvalue weighted by Crippen LogP contribution is 2.33. The van der Waals surface area contributed by atoms with Gasteiger partial charge in [-0.3, -0.25) is 9.89 Å². The maximum absolute atomic E-state index is 6.15. The molecule has 0 radical (unpaired) electrons. The van der Waals surface area contributed by atoms with E-state index in [-0.39, 0.29) is 41.5 Å². The van der Waals surface area contributed by atoms with E-state index in [0.29, 0.717) is 5.92 Å². The topological polar surface area (TPSA) is 67.4 Å². The summed E-state index contributed by atoms with van der Waals surface area (Å²) in [4.78, 5) is 6.97. The molecule has 1 aromatic rings. The van der Waals surface area contributed by atoms with Gasteiger partial charge in [0.2, 0.25) is 0 Å². The SMILES string of the molecule is CN=C(NCC1CCCOC1C(C)(C)C)NCC(c1ccc(OC)cc1)N1CCOCC1.I. The Morgan fingerprint density at radius 3 is 2.45 bits per heavy atom. The molecule has 188 valence electrons. The van der Waals surface area contributed by atoms with Crippen LogP contribution in [0, 0.1) is 11.3 Å². The summed E-state index contributed by atoms with van der Waals surface area (Å²) in [6, 6.07) is 8.62. The summed E-state index contributed by atoms with van der Waals surface area (Å²) in [6.07, 6.45) is 2.58. The molecule has 0 aliphatic carbocycles. The van der Waals surface area contributed by atoms with Crippen molar-refractivity contribution in [3.63, 3.8) is 0 Å². The molecule has 0 amide bonds. The summed E-state index contributed by atoms with van der Waals surface area (Å²) >= 11 is 0. The molecular weight excluding hydrogens is 531 g/mol. The van der Waals surface area contributed by atoms with E-state index in [2.05, 4.69) is 53.4 Å². The number of morpholine rings is 1. The van der Waals surface area contributed by atoms with Gasteiger partial charge in [0.1, 0.15) is 5.75 Å². The Balaban J connectivity index is 0.00000385. The first-order valence-electron chi connectivity index (χ1n) is 11.9. The van der Waals surface area contributed by atoms with Crippen LogP contribution in [0.2, 0.25) is 0 Å². The normalized spacial score (nSPS) is 23.4. The number of guanidine groups is 1. The fourth-order valence-electron chi connectivity index (χ4n) is 4.82. The van der Waals surface area contributed by atoms with E-state index >= 15 is 0 Å². The number of halogens is 1. The predicted octanol–water partition coefficient (Wildman–Crippen LogP) is 3.69. The molecule has 2 heterocycles. The van der Waals surface area contributed by atoms with Crippen LogP contribution in [0.4, 0.5) is 0 Å². The monoisotopic (exact) mass is 574 g/mol. The van der Waals surface area contributed by atoms with E-state index in [1.54, 1.807) is 7.11 Å². The van der Waals surface area contributed by atoms with Crippen LogP contribution in [0.3, 0.4) is 0 Å². The molecule has 0 saturated carbocycles. The van der Waals surface area contributed by atoms with Gasteiger partial charge in [-0.25, -0.2) is 0 Å². The second-order valence-corrected chi connectivity index (χ2v) is 9.83. The zero-order valence-electron chi connectivity index (χ0n) is 20.9. The van der Waals surface area contributed by atoms with E-state index in [0.717, 1.165) is 64.1 Å². The minimum absolute atomic E-state index is 0. The number of hydrogen-bond donors (Lipinski definition) is 2. The third kappa shape index (κ3) is 8.26. The van der Waals surface area contributed by atoms with E-state index in [1.807, 2.05) is 19.2 Å². The molecule has 33 heavy (non-hydrogen) atoms. The maximum Gasteiger partial charge on any atom is 0.191 e. The van der Waals surface area contributed by atoms with Crippen molar-refractivity contribution >= 4 is 29.9 Å². The molecular formula is C25H43IN4O3.